The van der Waals surface area contributed by atoms with Crippen LogP contribution in [0, 0.1) is 0 Å². The summed E-state index contributed by atoms with van der Waals surface area (Å²) in [5.41, 5.74) is 1.49. The molecule has 0 saturated carbocycles. The van der Waals surface area contributed by atoms with E-state index in [1.165, 1.54) is 0 Å². The largest absolute Gasteiger partial charge is 0.478 e. The Labute approximate surface area is 98.2 Å². The summed E-state index contributed by atoms with van der Waals surface area (Å²) < 4.78 is 5.57. The number of aromatic nitrogens is 1. The number of carboxylic acid groups (broad SMARTS) is 1. The highest BCUT2D eigenvalue weighted by atomic mass is 16.4. The highest BCUT2D eigenvalue weighted by Gasteiger charge is 2.06. The third kappa shape index (κ3) is 2.60. The number of pyridine rings is 1. The molecule has 4 nitrogen and oxygen atoms in total. The fourth-order valence-electron chi connectivity index (χ4n) is 1.48. The molecule has 0 aromatic carbocycles. The molecule has 1 N–H and O–H groups in total. The van der Waals surface area contributed by atoms with Gasteiger partial charge < -0.3 is 9.52 Å². The summed E-state index contributed by atoms with van der Waals surface area (Å²) in [5, 5.41) is 8.64. The van der Waals surface area contributed by atoms with E-state index < -0.39 is 5.97 Å². The number of allylic oxidation sites excluding steroid dienone is 1. The monoisotopic (exact) mass is 229 g/mol. The van der Waals surface area contributed by atoms with Crippen molar-refractivity contribution in [2.45, 2.75) is 6.92 Å². The van der Waals surface area contributed by atoms with Gasteiger partial charge in [-0.1, -0.05) is 0 Å². The second-order valence-electron chi connectivity index (χ2n) is 3.57. The lowest BCUT2D eigenvalue weighted by atomic mass is 10.2. The van der Waals surface area contributed by atoms with Gasteiger partial charge in [0, 0.05) is 24.0 Å². The van der Waals surface area contributed by atoms with E-state index in [0.29, 0.717) is 17.1 Å². The molecule has 17 heavy (non-hydrogen) atoms. The normalized spacial score (nSPS) is 11.5. The van der Waals surface area contributed by atoms with Crippen molar-refractivity contribution in [1.82, 2.24) is 4.98 Å². The van der Waals surface area contributed by atoms with Gasteiger partial charge >= 0.3 is 5.97 Å². The van der Waals surface area contributed by atoms with Crippen molar-refractivity contribution in [1.29, 1.82) is 0 Å². The first-order chi connectivity index (χ1) is 8.16. The van der Waals surface area contributed by atoms with Crippen LogP contribution in [0.25, 0.3) is 16.9 Å². The van der Waals surface area contributed by atoms with Crippen molar-refractivity contribution in [3.63, 3.8) is 0 Å². The number of carboxylic acids is 1. The van der Waals surface area contributed by atoms with Gasteiger partial charge in [-0.3, -0.25) is 4.98 Å². The number of carbonyl (C=O) groups is 1. The quantitative estimate of drug-likeness (QED) is 0.822. The van der Waals surface area contributed by atoms with E-state index in [1.807, 2.05) is 18.2 Å². The molecule has 0 aliphatic rings. The Morgan fingerprint density at radius 3 is 2.65 bits per heavy atom. The standard InChI is InChI=1S/C13H11NO3/c1-9(8-13(15)16)11-2-3-12(17-11)10-4-6-14-7-5-10/h2-8H,1H3,(H,15,16)/b9-8+. The van der Waals surface area contributed by atoms with Crippen LogP contribution in [0.4, 0.5) is 0 Å². The van der Waals surface area contributed by atoms with Crippen molar-refractivity contribution in [2.75, 3.05) is 0 Å². The van der Waals surface area contributed by atoms with Gasteiger partial charge in [-0.05, 0) is 36.8 Å². The summed E-state index contributed by atoms with van der Waals surface area (Å²) in [5.74, 6) is 0.268. The first-order valence-electron chi connectivity index (χ1n) is 5.08. The molecule has 0 aliphatic carbocycles. The average Bonchev–Trinajstić information content (AvgIpc) is 2.78. The predicted octanol–water partition coefficient (Wildman–Crippen LogP) is 2.83. The molecule has 0 saturated heterocycles. The maximum absolute atomic E-state index is 10.5. The maximum atomic E-state index is 10.5. The van der Waals surface area contributed by atoms with E-state index in [-0.39, 0.29) is 0 Å². The molecule has 0 radical (unpaired) electrons. The summed E-state index contributed by atoms with van der Waals surface area (Å²) in [6, 6.07) is 7.23. The van der Waals surface area contributed by atoms with Crippen LogP contribution in [0.1, 0.15) is 12.7 Å². The van der Waals surface area contributed by atoms with Crippen molar-refractivity contribution in [2.24, 2.45) is 0 Å². The predicted molar refractivity (Wildman–Crippen MR) is 63.2 cm³/mol. The van der Waals surface area contributed by atoms with E-state index in [2.05, 4.69) is 4.98 Å². The SMILES string of the molecule is C/C(=C\C(=O)O)c1ccc(-c2ccncc2)o1. The Bertz CT molecular complexity index is 555. The molecular formula is C13H11NO3. The van der Waals surface area contributed by atoms with Gasteiger partial charge in [-0.2, -0.15) is 0 Å². The fourth-order valence-corrected chi connectivity index (χ4v) is 1.48. The molecule has 0 bridgehead atoms. The number of aliphatic carboxylic acids is 1. The number of hydrogen-bond acceptors (Lipinski definition) is 3. The molecule has 86 valence electrons. The fraction of sp³-hybridized carbons (Fsp3) is 0.0769. The smallest absolute Gasteiger partial charge is 0.328 e. The molecule has 0 amide bonds. The number of rotatable bonds is 3. The van der Waals surface area contributed by atoms with Crippen LogP contribution in [0.15, 0.2) is 47.2 Å². The third-order valence-corrected chi connectivity index (χ3v) is 2.30. The molecular weight excluding hydrogens is 218 g/mol. The molecule has 2 rings (SSSR count). The van der Waals surface area contributed by atoms with Gasteiger partial charge in [-0.25, -0.2) is 4.79 Å². The average molecular weight is 229 g/mol. The molecule has 2 heterocycles. The van der Waals surface area contributed by atoms with Crippen LogP contribution in [-0.4, -0.2) is 16.1 Å². The van der Waals surface area contributed by atoms with Crippen LogP contribution in [-0.2, 0) is 4.79 Å². The molecule has 0 aliphatic heterocycles. The Morgan fingerprint density at radius 1 is 1.29 bits per heavy atom. The number of nitrogens with zero attached hydrogens (tertiary/aromatic N) is 1. The van der Waals surface area contributed by atoms with Crippen LogP contribution >= 0.6 is 0 Å². The number of hydrogen-bond donors (Lipinski definition) is 1. The molecule has 0 atom stereocenters. The first-order valence-corrected chi connectivity index (χ1v) is 5.08. The topological polar surface area (TPSA) is 63.3 Å². The summed E-state index contributed by atoms with van der Waals surface area (Å²) >= 11 is 0. The van der Waals surface area contributed by atoms with E-state index >= 15 is 0 Å². The molecule has 4 heteroatoms. The highest BCUT2D eigenvalue weighted by Crippen LogP contribution is 2.25. The summed E-state index contributed by atoms with van der Waals surface area (Å²) in [7, 11) is 0. The Morgan fingerprint density at radius 2 is 2.00 bits per heavy atom. The van der Waals surface area contributed by atoms with Gasteiger partial charge in [0.15, 0.2) is 0 Å². The zero-order valence-corrected chi connectivity index (χ0v) is 9.25. The first kappa shape index (κ1) is 11.1. The molecule has 2 aromatic rings. The molecule has 0 unspecified atom stereocenters. The Balaban J connectivity index is 2.31. The minimum Gasteiger partial charge on any atom is -0.478 e. The lowest BCUT2D eigenvalue weighted by Gasteiger charge is -1.96. The summed E-state index contributed by atoms with van der Waals surface area (Å²) in [6.07, 6.45) is 4.48. The highest BCUT2D eigenvalue weighted by molar-refractivity contribution is 5.88. The molecule has 2 aromatic heterocycles. The van der Waals surface area contributed by atoms with Gasteiger partial charge in [0.1, 0.15) is 11.5 Å². The van der Waals surface area contributed by atoms with Crippen LogP contribution in [0.5, 0.6) is 0 Å². The minimum atomic E-state index is -0.982. The van der Waals surface area contributed by atoms with Crippen LogP contribution in [0.2, 0.25) is 0 Å². The zero-order valence-electron chi connectivity index (χ0n) is 9.25. The zero-order chi connectivity index (χ0) is 12.3. The van der Waals surface area contributed by atoms with Gasteiger partial charge in [0.25, 0.3) is 0 Å². The van der Waals surface area contributed by atoms with Crippen LogP contribution < -0.4 is 0 Å². The second-order valence-corrected chi connectivity index (χ2v) is 3.57. The maximum Gasteiger partial charge on any atom is 0.328 e. The van der Waals surface area contributed by atoms with Crippen LogP contribution in [0.3, 0.4) is 0 Å². The third-order valence-electron chi connectivity index (χ3n) is 2.30. The number of furan rings is 1. The van der Waals surface area contributed by atoms with E-state index in [0.717, 1.165) is 11.6 Å². The Kier molecular flexibility index (Phi) is 3.05. The van der Waals surface area contributed by atoms with Crippen molar-refractivity contribution < 1.29 is 14.3 Å². The minimum absolute atomic E-state index is 0.555. The second kappa shape index (κ2) is 4.65. The van der Waals surface area contributed by atoms with Gasteiger partial charge in [0.2, 0.25) is 0 Å². The molecule has 0 spiro atoms. The van der Waals surface area contributed by atoms with E-state index in [9.17, 15) is 4.79 Å². The lowest BCUT2D eigenvalue weighted by Crippen LogP contribution is -1.88. The van der Waals surface area contributed by atoms with Gasteiger partial charge in [-0.15, -0.1) is 0 Å². The van der Waals surface area contributed by atoms with E-state index in [1.54, 1.807) is 25.4 Å². The van der Waals surface area contributed by atoms with Crippen molar-refractivity contribution in [3.05, 3.63) is 48.5 Å². The van der Waals surface area contributed by atoms with Crippen molar-refractivity contribution >= 4 is 11.5 Å². The Hall–Kier alpha value is -2.36. The molecule has 0 fully saturated rings. The van der Waals surface area contributed by atoms with Gasteiger partial charge in [0.05, 0.1) is 0 Å². The summed E-state index contributed by atoms with van der Waals surface area (Å²) in [6.45, 7) is 1.70. The summed E-state index contributed by atoms with van der Waals surface area (Å²) in [4.78, 5) is 14.5. The van der Waals surface area contributed by atoms with E-state index in [4.69, 9.17) is 9.52 Å². The van der Waals surface area contributed by atoms with Crippen molar-refractivity contribution in [3.8, 4) is 11.3 Å². The lowest BCUT2D eigenvalue weighted by molar-refractivity contribution is -0.131.